The zero-order chi connectivity index (χ0) is 18.9. The Labute approximate surface area is 153 Å². The quantitative estimate of drug-likeness (QED) is 0.781. The lowest BCUT2D eigenvalue weighted by Crippen LogP contribution is -2.45. The number of carbonyl (C=O) groups is 2. The number of carbonyl (C=O) groups excluding carboxylic acids is 2. The topological polar surface area (TPSA) is 84.0 Å². The van der Waals surface area contributed by atoms with E-state index in [-0.39, 0.29) is 29.4 Å². The molecule has 1 aromatic rings. The zero-order valence-corrected chi connectivity index (χ0v) is 15.9. The number of hydrogen-bond donors (Lipinski definition) is 0. The van der Waals surface area contributed by atoms with Crippen molar-refractivity contribution in [2.75, 3.05) is 37.9 Å². The number of hydrogen-bond acceptors (Lipinski definition) is 5. The second-order valence-corrected chi connectivity index (χ2v) is 9.28. The van der Waals surface area contributed by atoms with Gasteiger partial charge < -0.3 is 14.5 Å². The van der Waals surface area contributed by atoms with Crippen LogP contribution in [0.4, 0.5) is 5.69 Å². The minimum atomic E-state index is -3.06. The number of ether oxygens (including phenoxy) is 1. The molecule has 1 aromatic carbocycles. The van der Waals surface area contributed by atoms with Crippen LogP contribution >= 0.6 is 0 Å². The van der Waals surface area contributed by atoms with Crippen LogP contribution in [0, 0.1) is 5.92 Å². The molecule has 0 radical (unpaired) electrons. The van der Waals surface area contributed by atoms with Crippen molar-refractivity contribution in [3.63, 3.8) is 0 Å². The van der Waals surface area contributed by atoms with Crippen LogP contribution in [0.25, 0.3) is 0 Å². The van der Waals surface area contributed by atoms with E-state index in [0.29, 0.717) is 38.2 Å². The normalized spacial score (nSPS) is 21.9. The predicted octanol–water partition coefficient (Wildman–Crippen LogP) is 1.08. The Hall–Kier alpha value is -2.09. The molecule has 3 rings (SSSR count). The summed E-state index contributed by atoms with van der Waals surface area (Å²) in [6.07, 6.45) is 2.37. The summed E-state index contributed by atoms with van der Waals surface area (Å²) < 4.78 is 28.4. The van der Waals surface area contributed by atoms with E-state index in [1.54, 1.807) is 41.2 Å². The molecule has 2 aliphatic heterocycles. The van der Waals surface area contributed by atoms with Gasteiger partial charge in [-0.2, -0.15) is 0 Å². The monoisotopic (exact) mass is 380 g/mol. The summed E-state index contributed by atoms with van der Waals surface area (Å²) in [5.74, 6) is 0.210. The van der Waals surface area contributed by atoms with Crippen LogP contribution < -0.4 is 9.64 Å². The fourth-order valence-corrected chi connectivity index (χ4v) is 4.71. The summed E-state index contributed by atoms with van der Waals surface area (Å²) in [5, 5.41) is -0.368. The molecule has 1 atom stereocenters. The molecule has 7 nitrogen and oxygen atoms in total. The molecular formula is C18H24N2O5S. The first-order chi connectivity index (χ1) is 12.3. The van der Waals surface area contributed by atoms with Gasteiger partial charge in [0, 0.05) is 38.0 Å². The minimum absolute atomic E-state index is 0.0543. The molecule has 2 saturated heterocycles. The third-order valence-corrected chi connectivity index (χ3v) is 6.90. The molecule has 2 heterocycles. The van der Waals surface area contributed by atoms with Crippen LogP contribution in [0.3, 0.4) is 0 Å². The van der Waals surface area contributed by atoms with Gasteiger partial charge in [0.15, 0.2) is 0 Å². The smallest absolute Gasteiger partial charge is 0.228 e. The second-order valence-electron chi connectivity index (χ2n) is 6.96. The molecule has 0 N–H and O–H groups in total. The summed E-state index contributed by atoms with van der Waals surface area (Å²) in [4.78, 5) is 28.4. The number of anilines is 1. The summed E-state index contributed by atoms with van der Waals surface area (Å²) in [5.41, 5.74) is 0.752. The van der Waals surface area contributed by atoms with E-state index in [0.717, 1.165) is 5.69 Å². The van der Waals surface area contributed by atoms with Crippen molar-refractivity contribution >= 4 is 27.3 Å². The number of rotatable bonds is 4. The van der Waals surface area contributed by atoms with Crippen LogP contribution in [-0.4, -0.2) is 63.4 Å². The first-order valence-corrected chi connectivity index (χ1v) is 10.7. The van der Waals surface area contributed by atoms with Crippen molar-refractivity contribution in [1.82, 2.24) is 4.90 Å². The molecule has 0 aromatic heterocycles. The standard InChI is InChI=1S/C18H24N2O5S/c1-25-15-5-3-14(4-6-15)20-12-13(11-17(20)21)18(22)19-9-7-16(8-10-19)26(2,23)24/h3-6,13,16H,7-12H2,1-2H3. The number of piperidine rings is 1. The number of nitrogens with zero attached hydrogens (tertiary/aromatic N) is 2. The van der Waals surface area contributed by atoms with Crippen molar-refractivity contribution in [3.8, 4) is 5.75 Å². The largest absolute Gasteiger partial charge is 0.497 e. The number of methoxy groups -OCH3 is 1. The average Bonchev–Trinajstić information content (AvgIpc) is 3.02. The molecule has 0 aliphatic carbocycles. The van der Waals surface area contributed by atoms with Gasteiger partial charge in [-0.1, -0.05) is 0 Å². The summed E-state index contributed by atoms with van der Waals surface area (Å²) in [6.45, 7) is 1.23. The lowest BCUT2D eigenvalue weighted by atomic mass is 10.0. The molecule has 8 heteroatoms. The Kier molecular flexibility index (Phi) is 5.22. The lowest BCUT2D eigenvalue weighted by molar-refractivity contribution is -0.136. The molecule has 2 aliphatic rings. The van der Waals surface area contributed by atoms with Crippen molar-refractivity contribution in [1.29, 1.82) is 0 Å². The van der Waals surface area contributed by atoms with Crippen molar-refractivity contribution in [2.45, 2.75) is 24.5 Å². The Balaban J connectivity index is 1.62. The van der Waals surface area contributed by atoms with Crippen LogP contribution in [0.2, 0.25) is 0 Å². The molecule has 142 valence electrons. The average molecular weight is 380 g/mol. The molecular weight excluding hydrogens is 356 g/mol. The minimum Gasteiger partial charge on any atom is -0.497 e. The summed E-state index contributed by atoms with van der Waals surface area (Å²) in [7, 11) is -1.48. The molecule has 1 unspecified atom stereocenters. The number of benzene rings is 1. The SMILES string of the molecule is COc1ccc(N2CC(C(=O)N3CCC(S(C)(=O)=O)CC3)CC2=O)cc1. The van der Waals surface area contributed by atoms with E-state index in [1.165, 1.54) is 6.26 Å². The predicted molar refractivity (Wildman–Crippen MR) is 97.9 cm³/mol. The fraction of sp³-hybridized carbons (Fsp3) is 0.556. The second kappa shape index (κ2) is 7.26. The van der Waals surface area contributed by atoms with Gasteiger partial charge in [-0.3, -0.25) is 9.59 Å². The summed E-state index contributed by atoms with van der Waals surface area (Å²) in [6, 6.07) is 7.18. The van der Waals surface area contributed by atoms with Crippen LogP contribution in [0.15, 0.2) is 24.3 Å². The Bertz CT molecular complexity index is 782. The van der Waals surface area contributed by atoms with E-state index < -0.39 is 9.84 Å². The number of sulfone groups is 1. The van der Waals surface area contributed by atoms with E-state index in [4.69, 9.17) is 4.74 Å². The fourth-order valence-electron chi connectivity index (χ4n) is 3.65. The molecule has 0 saturated carbocycles. The van der Waals surface area contributed by atoms with Gasteiger partial charge in [0.1, 0.15) is 15.6 Å². The van der Waals surface area contributed by atoms with E-state index >= 15 is 0 Å². The van der Waals surface area contributed by atoms with E-state index in [1.807, 2.05) is 0 Å². The first kappa shape index (κ1) is 18.7. The Morgan fingerprint density at radius 1 is 1.15 bits per heavy atom. The van der Waals surface area contributed by atoms with E-state index in [9.17, 15) is 18.0 Å². The lowest BCUT2D eigenvalue weighted by Gasteiger charge is -2.32. The number of amides is 2. The van der Waals surface area contributed by atoms with Crippen LogP contribution in [0.5, 0.6) is 5.75 Å². The van der Waals surface area contributed by atoms with Gasteiger partial charge >= 0.3 is 0 Å². The number of likely N-dealkylation sites (tertiary alicyclic amines) is 1. The molecule has 2 fully saturated rings. The highest BCUT2D eigenvalue weighted by molar-refractivity contribution is 7.91. The molecule has 0 bridgehead atoms. The maximum absolute atomic E-state index is 12.8. The third-order valence-electron chi connectivity index (χ3n) is 5.22. The molecule has 26 heavy (non-hydrogen) atoms. The Morgan fingerprint density at radius 3 is 2.31 bits per heavy atom. The summed E-state index contributed by atoms with van der Waals surface area (Å²) >= 11 is 0. The van der Waals surface area contributed by atoms with Gasteiger partial charge in [-0.15, -0.1) is 0 Å². The maximum Gasteiger partial charge on any atom is 0.228 e. The van der Waals surface area contributed by atoms with Crippen LogP contribution in [0.1, 0.15) is 19.3 Å². The Morgan fingerprint density at radius 2 is 1.77 bits per heavy atom. The van der Waals surface area contributed by atoms with Gasteiger partial charge in [-0.25, -0.2) is 8.42 Å². The van der Waals surface area contributed by atoms with Crippen LogP contribution in [-0.2, 0) is 19.4 Å². The van der Waals surface area contributed by atoms with Crippen molar-refractivity contribution < 1.29 is 22.7 Å². The first-order valence-electron chi connectivity index (χ1n) is 8.71. The van der Waals surface area contributed by atoms with Gasteiger partial charge in [0.2, 0.25) is 11.8 Å². The highest BCUT2D eigenvalue weighted by Gasteiger charge is 2.38. The molecule has 2 amide bonds. The van der Waals surface area contributed by atoms with E-state index in [2.05, 4.69) is 0 Å². The third kappa shape index (κ3) is 3.85. The van der Waals surface area contributed by atoms with Crippen molar-refractivity contribution in [2.24, 2.45) is 5.92 Å². The highest BCUT2D eigenvalue weighted by Crippen LogP contribution is 2.29. The van der Waals surface area contributed by atoms with Gasteiger partial charge in [0.05, 0.1) is 18.3 Å². The molecule has 0 spiro atoms. The highest BCUT2D eigenvalue weighted by atomic mass is 32.2. The van der Waals surface area contributed by atoms with Gasteiger partial charge in [0.25, 0.3) is 0 Å². The maximum atomic E-state index is 12.8. The van der Waals surface area contributed by atoms with Gasteiger partial charge in [-0.05, 0) is 37.1 Å². The zero-order valence-electron chi connectivity index (χ0n) is 15.1. The van der Waals surface area contributed by atoms with Crippen molar-refractivity contribution in [3.05, 3.63) is 24.3 Å².